The van der Waals surface area contributed by atoms with E-state index in [1.807, 2.05) is 17.8 Å². The van der Waals surface area contributed by atoms with Crippen molar-refractivity contribution >= 4 is 40.5 Å². The fraction of sp³-hybridized carbons (Fsp3) is 0.240. The molecule has 5 heteroatoms. The summed E-state index contributed by atoms with van der Waals surface area (Å²) in [5.74, 6) is 0.957. The average Bonchev–Trinajstić information content (AvgIpc) is 2.78. The lowest BCUT2D eigenvalue weighted by Gasteiger charge is -2.24. The van der Waals surface area contributed by atoms with E-state index >= 15 is 0 Å². The van der Waals surface area contributed by atoms with Gasteiger partial charge in [0.1, 0.15) is 0 Å². The molecule has 0 fully saturated rings. The van der Waals surface area contributed by atoms with Crippen molar-refractivity contribution in [3.8, 4) is 0 Å². The van der Waals surface area contributed by atoms with E-state index in [9.17, 15) is 0 Å². The zero-order chi connectivity index (χ0) is 21.2. The first kappa shape index (κ1) is 22.2. The van der Waals surface area contributed by atoms with Crippen molar-refractivity contribution in [2.75, 3.05) is 29.9 Å². The Labute approximate surface area is 189 Å². The van der Waals surface area contributed by atoms with Gasteiger partial charge in [-0.15, -0.1) is 11.8 Å². The van der Waals surface area contributed by atoms with Gasteiger partial charge in [0.15, 0.2) is 5.11 Å². The maximum Gasteiger partial charge on any atom is 0.170 e. The molecule has 0 spiro atoms. The number of rotatable bonds is 9. The molecule has 0 aliphatic carbocycles. The zero-order valence-corrected chi connectivity index (χ0v) is 19.2. The second-order valence-corrected chi connectivity index (χ2v) is 8.55. The number of thioether (sulfide) groups is 1. The molecule has 0 saturated carbocycles. The van der Waals surface area contributed by atoms with Gasteiger partial charge in [-0.3, -0.25) is 0 Å². The summed E-state index contributed by atoms with van der Waals surface area (Å²) in [7, 11) is 0. The van der Waals surface area contributed by atoms with Gasteiger partial charge in [0.05, 0.1) is 0 Å². The number of nitrogens with one attached hydrogen (secondary N) is 2. The molecule has 3 aromatic carbocycles. The van der Waals surface area contributed by atoms with E-state index in [1.165, 1.54) is 21.7 Å². The summed E-state index contributed by atoms with van der Waals surface area (Å²) in [5.41, 5.74) is 4.83. The van der Waals surface area contributed by atoms with Crippen molar-refractivity contribution < 1.29 is 0 Å². The van der Waals surface area contributed by atoms with Crippen molar-refractivity contribution in [2.45, 2.75) is 24.5 Å². The van der Waals surface area contributed by atoms with Gasteiger partial charge < -0.3 is 15.5 Å². The number of hydrogen-bond acceptors (Lipinski definition) is 3. The molecule has 0 amide bonds. The Morgan fingerprint density at radius 3 is 2.30 bits per heavy atom. The van der Waals surface area contributed by atoms with E-state index in [0.29, 0.717) is 5.11 Å². The molecule has 0 bridgehead atoms. The van der Waals surface area contributed by atoms with Crippen molar-refractivity contribution in [3.05, 3.63) is 90.0 Å². The second kappa shape index (κ2) is 11.6. The molecule has 0 atom stereocenters. The highest BCUT2D eigenvalue weighted by molar-refractivity contribution is 7.98. The van der Waals surface area contributed by atoms with Crippen molar-refractivity contribution in [3.63, 3.8) is 0 Å². The van der Waals surface area contributed by atoms with Gasteiger partial charge in [-0.25, -0.2) is 0 Å². The van der Waals surface area contributed by atoms with Gasteiger partial charge in [0, 0.05) is 41.7 Å². The molecule has 0 aromatic heterocycles. The summed E-state index contributed by atoms with van der Waals surface area (Å²) in [5, 5.41) is 7.24. The standard InChI is InChI=1S/C25H29N3S2/c1-3-28(23-15-9-20(2)10-16-23)18-17-26-25(29)27-22-13-11-21(12-14-22)19-30-24-7-5-4-6-8-24/h4-16H,3,17-19H2,1-2H3,(H2,26,27,29). The van der Waals surface area contributed by atoms with E-state index in [1.54, 1.807) is 0 Å². The highest BCUT2D eigenvalue weighted by Crippen LogP contribution is 2.23. The summed E-state index contributed by atoms with van der Waals surface area (Å²) in [6, 6.07) is 27.6. The summed E-state index contributed by atoms with van der Waals surface area (Å²) in [6.45, 7) is 6.94. The quantitative estimate of drug-likeness (QED) is 0.313. The Balaban J connectivity index is 1.41. The number of hydrogen-bond donors (Lipinski definition) is 2. The smallest absolute Gasteiger partial charge is 0.170 e. The van der Waals surface area contributed by atoms with Gasteiger partial charge in [-0.05, 0) is 68.0 Å². The minimum absolute atomic E-state index is 0.654. The van der Waals surface area contributed by atoms with E-state index in [0.717, 1.165) is 31.1 Å². The van der Waals surface area contributed by atoms with Gasteiger partial charge >= 0.3 is 0 Å². The highest BCUT2D eigenvalue weighted by Gasteiger charge is 2.05. The number of likely N-dealkylation sites (N-methyl/N-ethyl adjacent to an activating group) is 1. The van der Waals surface area contributed by atoms with Crippen LogP contribution in [-0.4, -0.2) is 24.7 Å². The zero-order valence-electron chi connectivity index (χ0n) is 17.6. The molecule has 2 N–H and O–H groups in total. The maximum atomic E-state index is 5.46. The van der Waals surface area contributed by atoms with E-state index in [4.69, 9.17) is 12.2 Å². The number of nitrogens with zero attached hydrogens (tertiary/aromatic N) is 1. The summed E-state index contributed by atoms with van der Waals surface area (Å²) in [4.78, 5) is 3.63. The maximum absolute atomic E-state index is 5.46. The van der Waals surface area contributed by atoms with Gasteiger partial charge in [0.2, 0.25) is 0 Å². The van der Waals surface area contributed by atoms with Gasteiger partial charge in [-0.1, -0.05) is 48.0 Å². The molecular formula is C25H29N3S2. The molecule has 0 heterocycles. The topological polar surface area (TPSA) is 27.3 Å². The summed E-state index contributed by atoms with van der Waals surface area (Å²) >= 11 is 7.31. The molecule has 156 valence electrons. The summed E-state index contributed by atoms with van der Waals surface area (Å²) in [6.07, 6.45) is 0. The van der Waals surface area contributed by atoms with Crippen LogP contribution in [0.2, 0.25) is 0 Å². The van der Waals surface area contributed by atoms with Crippen LogP contribution < -0.4 is 15.5 Å². The second-order valence-electron chi connectivity index (χ2n) is 7.09. The SMILES string of the molecule is CCN(CCNC(=S)Nc1ccc(CSc2ccccc2)cc1)c1ccc(C)cc1. The van der Waals surface area contributed by atoms with Crippen molar-refractivity contribution in [1.82, 2.24) is 5.32 Å². The third-order valence-electron chi connectivity index (χ3n) is 4.81. The van der Waals surface area contributed by atoms with Gasteiger partial charge in [0.25, 0.3) is 0 Å². The van der Waals surface area contributed by atoms with E-state index in [2.05, 4.69) is 102 Å². The Morgan fingerprint density at radius 1 is 0.933 bits per heavy atom. The lowest BCUT2D eigenvalue weighted by molar-refractivity contribution is 0.779. The molecule has 0 aliphatic rings. The minimum atomic E-state index is 0.654. The van der Waals surface area contributed by atoms with E-state index < -0.39 is 0 Å². The first-order chi connectivity index (χ1) is 14.6. The Kier molecular flexibility index (Phi) is 8.60. The lowest BCUT2D eigenvalue weighted by Crippen LogP contribution is -2.36. The monoisotopic (exact) mass is 435 g/mol. The van der Waals surface area contributed by atoms with Crippen LogP contribution in [0.5, 0.6) is 0 Å². The third kappa shape index (κ3) is 7.08. The average molecular weight is 436 g/mol. The first-order valence-electron chi connectivity index (χ1n) is 10.3. The Bertz CT molecular complexity index is 909. The normalized spacial score (nSPS) is 10.5. The van der Waals surface area contributed by atoms with Crippen molar-refractivity contribution in [1.29, 1.82) is 0 Å². The van der Waals surface area contributed by atoms with Crippen LogP contribution >= 0.6 is 24.0 Å². The van der Waals surface area contributed by atoms with Gasteiger partial charge in [-0.2, -0.15) is 0 Å². The van der Waals surface area contributed by atoms with Crippen molar-refractivity contribution in [2.24, 2.45) is 0 Å². The van der Waals surface area contributed by atoms with Crippen LogP contribution in [-0.2, 0) is 5.75 Å². The molecule has 0 unspecified atom stereocenters. The largest absolute Gasteiger partial charge is 0.370 e. The minimum Gasteiger partial charge on any atom is -0.370 e. The van der Waals surface area contributed by atoms with Crippen LogP contribution in [0.25, 0.3) is 0 Å². The van der Waals surface area contributed by atoms with Crippen LogP contribution in [0, 0.1) is 6.92 Å². The van der Waals surface area contributed by atoms with E-state index in [-0.39, 0.29) is 0 Å². The lowest BCUT2D eigenvalue weighted by atomic mass is 10.2. The molecule has 0 aliphatic heterocycles. The number of aryl methyl sites for hydroxylation is 1. The first-order valence-corrected chi connectivity index (χ1v) is 11.7. The van der Waals surface area contributed by atoms with Crippen LogP contribution in [0.15, 0.2) is 83.8 Å². The molecule has 3 aromatic rings. The molecular weight excluding hydrogens is 406 g/mol. The molecule has 3 nitrogen and oxygen atoms in total. The van der Waals surface area contributed by atoms with Crippen LogP contribution in [0.4, 0.5) is 11.4 Å². The Morgan fingerprint density at radius 2 is 1.63 bits per heavy atom. The molecule has 0 saturated heterocycles. The predicted octanol–water partition coefficient (Wildman–Crippen LogP) is 6.10. The van der Waals surface area contributed by atoms with Crippen LogP contribution in [0.3, 0.4) is 0 Å². The molecule has 0 radical (unpaired) electrons. The van der Waals surface area contributed by atoms with Crippen LogP contribution in [0.1, 0.15) is 18.1 Å². The fourth-order valence-corrected chi connectivity index (χ4v) is 4.17. The number of thiocarbonyl (C=S) groups is 1. The number of anilines is 2. The summed E-state index contributed by atoms with van der Waals surface area (Å²) < 4.78 is 0. The Hall–Kier alpha value is -2.50. The predicted molar refractivity (Wildman–Crippen MR) is 136 cm³/mol. The molecule has 3 rings (SSSR count). The third-order valence-corrected chi connectivity index (χ3v) is 6.14. The fourth-order valence-electron chi connectivity index (χ4n) is 3.07. The highest BCUT2D eigenvalue weighted by atomic mass is 32.2. The number of benzene rings is 3. The molecule has 30 heavy (non-hydrogen) atoms.